The molecule has 0 aromatic heterocycles. The smallest absolute Gasteiger partial charge is 0.0650 e. The number of hydrogen-bond acceptors (Lipinski definition) is 3. The summed E-state index contributed by atoms with van der Waals surface area (Å²) in [7, 11) is 0. The predicted molar refractivity (Wildman–Crippen MR) is 53.0 cm³/mol. The highest BCUT2D eigenvalue weighted by Crippen LogP contribution is 2.20. The summed E-state index contributed by atoms with van der Waals surface area (Å²) in [4.78, 5) is 0. The van der Waals surface area contributed by atoms with Crippen molar-refractivity contribution in [3.05, 3.63) is 35.4 Å². The molecule has 13 heavy (non-hydrogen) atoms. The normalized spacial score (nSPS) is 15.4. The second-order valence-electron chi connectivity index (χ2n) is 3.44. The number of nitrogens with two attached hydrogens (primary N) is 2. The van der Waals surface area contributed by atoms with E-state index in [-0.39, 0.29) is 6.61 Å². The zero-order chi connectivity index (χ0) is 9.90. The van der Waals surface area contributed by atoms with Crippen LogP contribution in [0.3, 0.4) is 0 Å². The maximum Gasteiger partial charge on any atom is 0.0650 e. The minimum Gasteiger partial charge on any atom is -0.394 e. The summed E-state index contributed by atoms with van der Waals surface area (Å²) in [6, 6.07) is 7.64. The van der Waals surface area contributed by atoms with Crippen LogP contribution in [0.5, 0.6) is 0 Å². The molecule has 0 spiro atoms. The largest absolute Gasteiger partial charge is 0.394 e. The molecule has 72 valence electrons. The average Bonchev–Trinajstić information content (AvgIpc) is 2.18. The lowest BCUT2D eigenvalue weighted by Crippen LogP contribution is -2.38. The van der Waals surface area contributed by atoms with E-state index in [1.54, 1.807) is 6.92 Å². The fraction of sp³-hybridized carbons (Fsp3) is 0.400. The highest BCUT2D eigenvalue weighted by molar-refractivity contribution is 5.32. The van der Waals surface area contributed by atoms with E-state index in [9.17, 15) is 0 Å². The summed E-state index contributed by atoms with van der Waals surface area (Å²) in [5.41, 5.74) is 12.7. The van der Waals surface area contributed by atoms with Crippen LogP contribution in [0.1, 0.15) is 18.1 Å². The molecule has 0 heterocycles. The molecule has 0 amide bonds. The number of aliphatic hydroxyl groups excluding tert-OH is 1. The third-order valence-electron chi connectivity index (χ3n) is 2.18. The van der Waals surface area contributed by atoms with E-state index >= 15 is 0 Å². The molecule has 0 saturated carbocycles. The van der Waals surface area contributed by atoms with Crippen LogP contribution in [0.2, 0.25) is 0 Å². The predicted octanol–water partition coefficient (Wildman–Crippen LogP) is 0.311. The van der Waals surface area contributed by atoms with Crippen molar-refractivity contribution in [3.63, 3.8) is 0 Å². The van der Waals surface area contributed by atoms with Crippen molar-refractivity contribution in [1.82, 2.24) is 0 Å². The van der Waals surface area contributed by atoms with Crippen molar-refractivity contribution in [1.29, 1.82) is 0 Å². The molecule has 5 N–H and O–H groups in total. The Kier molecular flexibility index (Phi) is 3.03. The van der Waals surface area contributed by atoms with Crippen LogP contribution in [-0.2, 0) is 12.1 Å². The van der Waals surface area contributed by atoms with Gasteiger partial charge in [-0.3, -0.25) is 0 Å². The van der Waals surface area contributed by atoms with E-state index in [0.29, 0.717) is 6.54 Å². The monoisotopic (exact) mass is 180 g/mol. The number of aliphatic hydroxyl groups is 1. The average molecular weight is 180 g/mol. The summed E-state index contributed by atoms with van der Waals surface area (Å²) in [5.74, 6) is 0. The first-order chi connectivity index (χ1) is 6.11. The lowest BCUT2D eigenvalue weighted by atomic mass is 9.90. The van der Waals surface area contributed by atoms with Gasteiger partial charge in [0.2, 0.25) is 0 Å². The molecule has 0 fully saturated rings. The Morgan fingerprint density at radius 3 is 2.54 bits per heavy atom. The molecule has 0 bridgehead atoms. The fourth-order valence-corrected chi connectivity index (χ4v) is 1.34. The van der Waals surface area contributed by atoms with Crippen molar-refractivity contribution >= 4 is 0 Å². The SMILES string of the molecule is C[C@](N)(CO)c1ccccc1CN. The van der Waals surface area contributed by atoms with E-state index in [2.05, 4.69) is 0 Å². The van der Waals surface area contributed by atoms with Gasteiger partial charge in [0, 0.05) is 6.54 Å². The zero-order valence-corrected chi connectivity index (χ0v) is 7.83. The van der Waals surface area contributed by atoms with Gasteiger partial charge >= 0.3 is 0 Å². The van der Waals surface area contributed by atoms with Crippen LogP contribution in [0, 0.1) is 0 Å². The summed E-state index contributed by atoms with van der Waals surface area (Å²) in [6.45, 7) is 2.16. The van der Waals surface area contributed by atoms with Crippen molar-refractivity contribution in [2.45, 2.75) is 19.0 Å². The maximum absolute atomic E-state index is 9.10. The first-order valence-electron chi connectivity index (χ1n) is 4.30. The lowest BCUT2D eigenvalue weighted by Gasteiger charge is -2.24. The van der Waals surface area contributed by atoms with Crippen LogP contribution in [0.25, 0.3) is 0 Å². The van der Waals surface area contributed by atoms with Crippen LogP contribution in [0.15, 0.2) is 24.3 Å². The van der Waals surface area contributed by atoms with Gasteiger partial charge in [0.25, 0.3) is 0 Å². The van der Waals surface area contributed by atoms with Gasteiger partial charge in [-0.2, -0.15) is 0 Å². The Morgan fingerprint density at radius 2 is 2.00 bits per heavy atom. The van der Waals surface area contributed by atoms with Gasteiger partial charge in [-0.15, -0.1) is 0 Å². The van der Waals surface area contributed by atoms with Gasteiger partial charge in [0.05, 0.1) is 12.1 Å². The molecule has 3 nitrogen and oxygen atoms in total. The molecule has 0 saturated heterocycles. The second-order valence-corrected chi connectivity index (χ2v) is 3.44. The molecule has 1 rings (SSSR count). The van der Waals surface area contributed by atoms with E-state index in [1.807, 2.05) is 24.3 Å². The van der Waals surface area contributed by atoms with Gasteiger partial charge in [-0.05, 0) is 18.1 Å². The van der Waals surface area contributed by atoms with Gasteiger partial charge < -0.3 is 16.6 Å². The summed E-state index contributed by atoms with van der Waals surface area (Å²) < 4.78 is 0. The van der Waals surface area contributed by atoms with Crippen LogP contribution in [0.4, 0.5) is 0 Å². The van der Waals surface area contributed by atoms with Crippen molar-refractivity contribution in [2.24, 2.45) is 11.5 Å². The summed E-state index contributed by atoms with van der Waals surface area (Å²) in [5, 5.41) is 9.10. The number of benzene rings is 1. The third kappa shape index (κ3) is 2.06. The third-order valence-corrected chi connectivity index (χ3v) is 2.18. The molecular formula is C10H16N2O. The summed E-state index contributed by atoms with van der Waals surface area (Å²) >= 11 is 0. The van der Waals surface area contributed by atoms with Gasteiger partial charge in [-0.1, -0.05) is 24.3 Å². The summed E-state index contributed by atoms with van der Waals surface area (Å²) in [6.07, 6.45) is 0. The molecule has 0 aliphatic carbocycles. The van der Waals surface area contributed by atoms with E-state index in [0.717, 1.165) is 11.1 Å². The maximum atomic E-state index is 9.10. The van der Waals surface area contributed by atoms with Crippen LogP contribution < -0.4 is 11.5 Å². The number of rotatable bonds is 3. The van der Waals surface area contributed by atoms with Gasteiger partial charge in [0.15, 0.2) is 0 Å². The first-order valence-corrected chi connectivity index (χ1v) is 4.30. The Balaban J connectivity index is 3.12. The number of hydrogen-bond donors (Lipinski definition) is 3. The van der Waals surface area contributed by atoms with E-state index in [4.69, 9.17) is 16.6 Å². The highest BCUT2D eigenvalue weighted by atomic mass is 16.3. The Labute approximate surface area is 78.4 Å². The second kappa shape index (κ2) is 3.87. The Bertz CT molecular complexity index is 284. The van der Waals surface area contributed by atoms with Gasteiger partial charge in [0.1, 0.15) is 0 Å². The molecule has 1 aromatic carbocycles. The zero-order valence-electron chi connectivity index (χ0n) is 7.83. The molecule has 0 radical (unpaired) electrons. The first kappa shape index (κ1) is 10.2. The Hall–Kier alpha value is -0.900. The molecular weight excluding hydrogens is 164 g/mol. The fourth-order valence-electron chi connectivity index (χ4n) is 1.34. The van der Waals surface area contributed by atoms with Crippen LogP contribution in [-0.4, -0.2) is 11.7 Å². The van der Waals surface area contributed by atoms with Crippen molar-refractivity contribution < 1.29 is 5.11 Å². The molecule has 1 aromatic rings. The van der Waals surface area contributed by atoms with E-state index < -0.39 is 5.54 Å². The van der Waals surface area contributed by atoms with Gasteiger partial charge in [-0.25, -0.2) is 0 Å². The topological polar surface area (TPSA) is 72.3 Å². The van der Waals surface area contributed by atoms with E-state index in [1.165, 1.54) is 0 Å². The van der Waals surface area contributed by atoms with Crippen molar-refractivity contribution in [3.8, 4) is 0 Å². The molecule has 0 aliphatic rings. The molecule has 0 aliphatic heterocycles. The molecule has 1 atom stereocenters. The lowest BCUT2D eigenvalue weighted by molar-refractivity contribution is 0.209. The van der Waals surface area contributed by atoms with Crippen molar-refractivity contribution in [2.75, 3.05) is 6.61 Å². The standard InChI is InChI=1S/C10H16N2O/c1-10(12,7-13)9-5-3-2-4-8(9)6-11/h2-5,13H,6-7,11-12H2,1H3/t10-/m0/s1. The van der Waals surface area contributed by atoms with Crippen LogP contribution >= 0.6 is 0 Å². The quantitative estimate of drug-likeness (QED) is 0.627. The minimum absolute atomic E-state index is 0.0794. The molecule has 3 heteroatoms. The molecule has 0 unspecified atom stereocenters. The Morgan fingerprint density at radius 1 is 1.38 bits per heavy atom. The highest BCUT2D eigenvalue weighted by Gasteiger charge is 2.21. The minimum atomic E-state index is -0.698.